The van der Waals surface area contributed by atoms with Gasteiger partial charge in [0.1, 0.15) is 5.69 Å². The van der Waals surface area contributed by atoms with Crippen molar-refractivity contribution in [2.75, 3.05) is 5.32 Å². The molecule has 0 aliphatic rings. The number of benzene rings is 1. The average molecular weight is 236 g/mol. The average Bonchev–Trinajstić information content (AvgIpc) is 2.64. The van der Waals surface area contributed by atoms with Crippen LogP contribution in [0, 0.1) is 4.77 Å². The second kappa shape index (κ2) is 4.23. The van der Waals surface area contributed by atoms with Crippen LogP contribution in [0.25, 0.3) is 5.69 Å². The van der Waals surface area contributed by atoms with Crippen LogP contribution >= 0.6 is 12.2 Å². The Morgan fingerprint density at radius 1 is 1.62 bits per heavy atom. The van der Waals surface area contributed by atoms with Crippen LogP contribution < -0.4 is 10.4 Å². The molecular weight excluding hydrogens is 226 g/mol. The summed E-state index contributed by atoms with van der Waals surface area (Å²) >= 11 is 5.02. The number of rotatable bonds is 2. The second-order valence-corrected chi connectivity index (χ2v) is 3.58. The third-order valence-electron chi connectivity index (χ3n) is 1.93. The van der Waals surface area contributed by atoms with E-state index in [9.17, 15) is 4.79 Å². The van der Waals surface area contributed by atoms with E-state index >= 15 is 0 Å². The van der Waals surface area contributed by atoms with Gasteiger partial charge < -0.3 is 5.32 Å². The zero-order chi connectivity index (χ0) is 11.5. The number of aromatic amines is 2. The van der Waals surface area contributed by atoms with Crippen LogP contribution in [0.3, 0.4) is 0 Å². The van der Waals surface area contributed by atoms with Crippen LogP contribution in [-0.2, 0) is 4.79 Å². The molecule has 0 saturated carbocycles. The summed E-state index contributed by atoms with van der Waals surface area (Å²) in [4.78, 5) is 10.9. The standard InChI is InChI=1S/C9H9N5OS/c1-6(15)10-7-3-2-4-8(5-7)14-9(16)11-12-13-14/h2-5H,1H3,(H,10,15)(H,11,13,16)/p+1. The Balaban J connectivity index is 2.40. The molecule has 1 amide bonds. The van der Waals surface area contributed by atoms with Crippen LogP contribution in [0.4, 0.5) is 5.69 Å². The molecule has 0 saturated heterocycles. The van der Waals surface area contributed by atoms with Gasteiger partial charge in [0, 0.05) is 30.9 Å². The zero-order valence-corrected chi connectivity index (χ0v) is 9.34. The first-order valence-electron chi connectivity index (χ1n) is 4.60. The Bertz CT molecular complexity index is 573. The first kappa shape index (κ1) is 10.5. The van der Waals surface area contributed by atoms with Gasteiger partial charge in [-0.25, -0.2) is 0 Å². The van der Waals surface area contributed by atoms with E-state index in [0.29, 0.717) is 10.5 Å². The molecule has 1 aromatic carbocycles. The van der Waals surface area contributed by atoms with E-state index in [1.165, 1.54) is 6.92 Å². The molecule has 1 heterocycles. The summed E-state index contributed by atoms with van der Waals surface area (Å²) in [6, 6.07) is 7.27. The van der Waals surface area contributed by atoms with E-state index < -0.39 is 0 Å². The van der Waals surface area contributed by atoms with E-state index in [-0.39, 0.29) is 5.91 Å². The highest BCUT2D eigenvalue weighted by Crippen LogP contribution is 2.13. The Morgan fingerprint density at radius 2 is 2.44 bits per heavy atom. The molecule has 7 heteroatoms. The lowest BCUT2D eigenvalue weighted by Gasteiger charge is -2.01. The highest BCUT2D eigenvalue weighted by Gasteiger charge is 2.07. The monoisotopic (exact) mass is 236 g/mol. The molecule has 82 valence electrons. The van der Waals surface area contributed by atoms with Crippen molar-refractivity contribution in [3.8, 4) is 5.69 Å². The molecule has 0 bridgehead atoms. The fourth-order valence-corrected chi connectivity index (χ4v) is 1.51. The topological polar surface area (TPSA) is 76.8 Å². The largest absolute Gasteiger partial charge is 0.349 e. The molecule has 6 nitrogen and oxygen atoms in total. The molecule has 0 aliphatic carbocycles. The van der Waals surface area contributed by atoms with Gasteiger partial charge in [0.2, 0.25) is 5.91 Å². The number of tetrazole rings is 1. The maximum Gasteiger partial charge on any atom is 0.349 e. The summed E-state index contributed by atoms with van der Waals surface area (Å²) in [6.45, 7) is 1.46. The lowest BCUT2D eigenvalue weighted by molar-refractivity contribution is -0.464. The molecule has 0 aliphatic heterocycles. The van der Waals surface area contributed by atoms with Crippen molar-refractivity contribution >= 4 is 23.8 Å². The predicted octanol–water partition coefficient (Wildman–Crippen LogP) is 0.702. The number of carbonyl (C=O) groups is 1. The lowest BCUT2D eigenvalue weighted by Crippen LogP contribution is -2.07. The first-order chi connectivity index (χ1) is 7.66. The fraction of sp³-hybridized carbons (Fsp3) is 0.111. The van der Waals surface area contributed by atoms with Gasteiger partial charge in [-0.15, -0.1) is 5.10 Å². The number of nitrogens with one attached hydrogen (secondary N) is 3. The summed E-state index contributed by atoms with van der Waals surface area (Å²) in [6.07, 6.45) is 0. The molecule has 0 spiro atoms. The van der Waals surface area contributed by atoms with E-state index in [1.807, 2.05) is 12.1 Å². The summed E-state index contributed by atoms with van der Waals surface area (Å²) < 4.78 is 2.06. The molecule has 0 unspecified atom stereocenters. The summed E-state index contributed by atoms with van der Waals surface area (Å²) in [5.74, 6) is -0.114. The number of anilines is 1. The highest BCUT2D eigenvalue weighted by atomic mass is 32.1. The van der Waals surface area contributed by atoms with E-state index in [2.05, 4.69) is 20.8 Å². The van der Waals surface area contributed by atoms with Gasteiger partial charge in [0.25, 0.3) is 0 Å². The fourth-order valence-electron chi connectivity index (χ4n) is 1.32. The van der Waals surface area contributed by atoms with Gasteiger partial charge in [-0.3, -0.25) is 4.79 Å². The predicted molar refractivity (Wildman–Crippen MR) is 59.6 cm³/mol. The normalized spacial score (nSPS) is 10.1. The number of aromatic nitrogens is 4. The number of H-pyrrole nitrogens is 2. The van der Waals surface area contributed by atoms with Gasteiger partial charge >= 0.3 is 4.77 Å². The highest BCUT2D eigenvalue weighted by molar-refractivity contribution is 7.71. The molecular formula is C9H10N5OS+. The van der Waals surface area contributed by atoms with E-state index in [1.54, 1.807) is 16.8 Å². The van der Waals surface area contributed by atoms with Gasteiger partial charge in [-0.2, -0.15) is 0 Å². The maximum absolute atomic E-state index is 10.9. The number of amides is 1. The smallest absolute Gasteiger partial charge is 0.326 e. The maximum atomic E-state index is 10.9. The van der Waals surface area contributed by atoms with Crippen molar-refractivity contribution in [1.29, 1.82) is 0 Å². The summed E-state index contributed by atoms with van der Waals surface area (Å²) in [5, 5.41) is 11.7. The molecule has 2 aromatic rings. The number of hydrogen-bond acceptors (Lipinski definition) is 3. The van der Waals surface area contributed by atoms with Crippen molar-refractivity contribution in [2.24, 2.45) is 0 Å². The van der Waals surface area contributed by atoms with Crippen molar-refractivity contribution in [1.82, 2.24) is 15.1 Å². The van der Waals surface area contributed by atoms with Crippen molar-refractivity contribution in [3.05, 3.63) is 29.0 Å². The Hall–Kier alpha value is -2.02. The molecule has 2 rings (SSSR count). The third kappa shape index (κ3) is 2.14. The Labute approximate surface area is 96.3 Å². The number of nitrogens with zero attached hydrogens (tertiary/aromatic N) is 2. The van der Waals surface area contributed by atoms with Crippen LogP contribution in [0.5, 0.6) is 0 Å². The SMILES string of the molecule is CC(=O)Nc1cccc(-n2[nH]n[nH+]c2=S)c1. The first-order valence-corrected chi connectivity index (χ1v) is 5.01. The molecule has 16 heavy (non-hydrogen) atoms. The summed E-state index contributed by atoms with van der Waals surface area (Å²) in [7, 11) is 0. The van der Waals surface area contributed by atoms with Crippen molar-refractivity contribution in [2.45, 2.75) is 6.92 Å². The molecule has 0 fully saturated rings. The van der Waals surface area contributed by atoms with Gasteiger partial charge in [-0.05, 0) is 12.1 Å². The van der Waals surface area contributed by atoms with Crippen LogP contribution in [0.1, 0.15) is 6.92 Å². The Morgan fingerprint density at radius 3 is 3.06 bits per heavy atom. The number of hydrogen-bond donors (Lipinski definition) is 2. The van der Waals surface area contributed by atoms with Crippen LogP contribution in [0.15, 0.2) is 24.3 Å². The van der Waals surface area contributed by atoms with Crippen LogP contribution in [-0.4, -0.2) is 21.0 Å². The van der Waals surface area contributed by atoms with Crippen LogP contribution in [0.2, 0.25) is 0 Å². The molecule has 1 aromatic heterocycles. The molecule has 0 atom stereocenters. The second-order valence-electron chi connectivity index (χ2n) is 3.20. The quantitative estimate of drug-likeness (QED) is 0.754. The van der Waals surface area contributed by atoms with Gasteiger partial charge in [0.05, 0.1) is 5.21 Å². The Kier molecular flexibility index (Phi) is 2.78. The minimum absolute atomic E-state index is 0.114. The summed E-state index contributed by atoms with van der Waals surface area (Å²) in [5.41, 5.74) is 1.51. The molecule has 0 radical (unpaired) electrons. The minimum Gasteiger partial charge on any atom is -0.326 e. The minimum atomic E-state index is -0.114. The van der Waals surface area contributed by atoms with Crippen molar-refractivity contribution < 1.29 is 9.89 Å². The zero-order valence-electron chi connectivity index (χ0n) is 8.52. The van der Waals surface area contributed by atoms with E-state index in [0.717, 1.165) is 5.69 Å². The lowest BCUT2D eigenvalue weighted by atomic mass is 10.3. The van der Waals surface area contributed by atoms with Gasteiger partial charge in [0.15, 0.2) is 0 Å². The van der Waals surface area contributed by atoms with Gasteiger partial charge in [-0.1, -0.05) is 16.0 Å². The third-order valence-corrected chi connectivity index (χ3v) is 2.20. The number of carbonyl (C=O) groups excluding carboxylic acids is 1. The molecule has 3 N–H and O–H groups in total. The van der Waals surface area contributed by atoms with E-state index in [4.69, 9.17) is 12.2 Å². The van der Waals surface area contributed by atoms with Crippen molar-refractivity contribution in [3.63, 3.8) is 0 Å².